The van der Waals surface area contributed by atoms with Crippen molar-refractivity contribution in [2.45, 2.75) is 60.5 Å². The van der Waals surface area contributed by atoms with Crippen LogP contribution in [-0.4, -0.2) is 33.1 Å². The maximum Gasteiger partial charge on any atom is 0.132 e. The number of hydrogen-bond donors (Lipinski definition) is 3. The molecule has 2 aromatic heterocycles. The monoisotopic (exact) mass is 437 g/mol. The summed E-state index contributed by atoms with van der Waals surface area (Å²) in [6, 6.07) is 5.56. The van der Waals surface area contributed by atoms with Crippen molar-refractivity contribution in [2.75, 3.05) is 18.4 Å². The van der Waals surface area contributed by atoms with Crippen LogP contribution in [0.25, 0.3) is 11.8 Å². The molecule has 3 heterocycles. The highest BCUT2D eigenvalue weighted by Crippen LogP contribution is 2.35. The lowest BCUT2D eigenvalue weighted by atomic mass is 9.94. The lowest BCUT2D eigenvalue weighted by molar-refractivity contribution is 0.186. The summed E-state index contributed by atoms with van der Waals surface area (Å²) in [6.45, 7) is 20.4. The molecule has 3 rings (SSSR count). The molecular formula is C26H39N5O. The van der Waals surface area contributed by atoms with Crippen LogP contribution in [0.2, 0.25) is 0 Å². The van der Waals surface area contributed by atoms with Gasteiger partial charge in [-0.05, 0) is 53.7 Å². The Bertz CT molecular complexity index is 953. The molecule has 0 fully saturated rings. The van der Waals surface area contributed by atoms with Crippen LogP contribution in [-0.2, 0) is 0 Å². The van der Waals surface area contributed by atoms with Crippen molar-refractivity contribution in [1.29, 1.82) is 0 Å². The molecule has 1 unspecified atom stereocenters. The normalized spacial score (nSPS) is 14.1. The zero-order chi connectivity index (χ0) is 24.1. The standard InChI is InChI=1S/C21H27N5O.C5H12/c1-5-26-9-7-16-11-19(25-21(13(2)3)20(16)14(26)4)24-18-10-15(6-8-23-18)17(27)12-22;1-5(2,3)4/h6-11,13,17,27H,4-5,12,22H2,1-3H3,(H,23,24,25);1-4H3. The van der Waals surface area contributed by atoms with Crippen molar-refractivity contribution < 1.29 is 5.11 Å². The summed E-state index contributed by atoms with van der Waals surface area (Å²) in [4.78, 5) is 11.3. The predicted octanol–water partition coefficient (Wildman–Crippen LogP) is 5.67. The van der Waals surface area contributed by atoms with Gasteiger partial charge in [-0.2, -0.15) is 0 Å². The molecule has 0 aliphatic carbocycles. The first kappa shape index (κ1) is 25.6. The van der Waals surface area contributed by atoms with E-state index in [0.717, 1.165) is 34.6 Å². The van der Waals surface area contributed by atoms with Gasteiger partial charge in [0, 0.05) is 36.7 Å². The highest BCUT2D eigenvalue weighted by atomic mass is 16.3. The van der Waals surface area contributed by atoms with Gasteiger partial charge in [0.2, 0.25) is 0 Å². The number of aliphatic hydroxyl groups excluding tert-OH is 1. The number of nitrogens with zero attached hydrogens (tertiary/aromatic N) is 3. The second-order valence-corrected chi connectivity index (χ2v) is 9.91. The number of anilines is 2. The van der Waals surface area contributed by atoms with Gasteiger partial charge >= 0.3 is 0 Å². The molecule has 1 aliphatic heterocycles. The van der Waals surface area contributed by atoms with E-state index in [-0.39, 0.29) is 12.5 Å². The van der Waals surface area contributed by atoms with Crippen LogP contribution >= 0.6 is 0 Å². The lowest BCUT2D eigenvalue weighted by Crippen LogP contribution is -2.20. The zero-order valence-corrected chi connectivity index (χ0v) is 20.6. The third-order valence-corrected chi connectivity index (χ3v) is 4.68. The molecule has 174 valence electrons. The molecule has 6 nitrogen and oxygen atoms in total. The number of fused-ring (bicyclic) bond motifs is 1. The van der Waals surface area contributed by atoms with Crippen molar-refractivity contribution in [2.24, 2.45) is 11.1 Å². The number of nitrogens with one attached hydrogen (secondary N) is 1. The second-order valence-electron chi connectivity index (χ2n) is 9.91. The minimum atomic E-state index is -0.706. The molecule has 0 spiro atoms. The summed E-state index contributed by atoms with van der Waals surface area (Å²) in [6.07, 6.45) is 5.09. The van der Waals surface area contributed by atoms with Gasteiger partial charge in [-0.25, -0.2) is 9.97 Å². The Labute approximate surface area is 193 Å². The quantitative estimate of drug-likeness (QED) is 0.540. The van der Waals surface area contributed by atoms with E-state index >= 15 is 0 Å². The molecule has 0 radical (unpaired) electrons. The fraction of sp³-hybridized carbons (Fsp3) is 0.462. The first-order valence-electron chi connectivity index (χ1n) is 11.2. The molecule has 6 heteroatoms. The zero-order valence-electron chi connectivity index (χ0n) is 20.6. The van der Waals surface area contributed by atoms with Crippen molar-refractivity contribution in [3.05, 3.63) is 59.6 Å². The average Bonchev–Trinajstić information content (AvgIpc) is 2.71. The second kappa shape index (κ2) is 10.7. The molecule has 4 N–H and O–H groups in total. The fourth-order valence-corrected chi connectivity index (χ4v) is 3.20. The van der Waals surface area contributed by atoms with Gasteiger partial charge < -0.3 is 21.1 Å². The number of hydrogen-bond acceptors (Lipinski definition) is 6. The van der Waals surface area contributed by atoms with Crippen LogP contribution in [0.3, 0.4) is 0 Å². The van der Waals surface area contributed by atoms with Crippen molar-refractivity contribution >= 4 is 23.4 Å². The van der Waals surface area contributed by atoms with Gasteiger partial charge in [0.05, 0.1) is 11.8 Å². The number of pyridine rings is 2. The first-order valence-corrected chi connectivity index (χ1v) is 11.2. The summed E-state index contributed by atoms with van der Waals surface area (Å²) in [5, 5.41) is 13.2. The van der Waals surface area contributed by atoms with Gasteiger partial charge in [-0.1, -0.05) is 48.1 Å². The van der Waals surface area contributed by atoms with Crippen LogP contribution in [0.15, 0.2) is 37.2 Å². The third-order valence-electron chi connectivity index (χ3n) is 4.68. The molecule has 1 atom stereocenters. The Balaban J connectivity index is 0.000000654. The van der Waals surface area contributed by atoms with Gasteiger partial charge in [-0.3, -0.25) is 0 Å². The Morgan fingerprint density at radius 2 is 1.84 bits per heavy atom. The van der Waals surface area contributed by atoms with Gasteiger partial charge in [0.15, 0.2) is 0 Å². The van der Waals surface area contributed by atoms with Gasteiger partial charge in [0.25, 0.3) is 0 Å². The summed E-state index contributed by atoms with van der Waals surface area (Å²) < 4.78 is 0. The first-order chi connectivity index (χ1) is 14.9. The van der Waals surface area contributed by atoms with E-state index in [2.05, 4.69) is 82.5 Å². The molecule has 0 saturated heterocycles. The molecule has 1 aliphatic rings. The largest absolute Gasteiger partial charge is 0.387 e. The van der Waals surface area contributed by atoms with E-state index < -0.39 is 6.10 Å². The van der Waals surface area contributed by atoms with E-state index in [9.17, 15) is 5.11 Å². The smallest absolute Gasteiger partial charge is 0.132 e. The number of aromatic nitrogens is 2. The third kappa shape index (κ3) is 6.90. The van der Waals surface area contributed by atoms with Crippen molar-refractivity contribution in [1.82, 2.24) is 14.9 Å². The van der Waals surface area contributed by atoms with Crippen molar-refractivity contribution in [3.8, 4) is 0 Å². The molecule has 32 heavy (non-hydrogen) atoms. The molecular weight excluding hydrogens is 398 g/mol. The highest BCUT2D eigenvalue weighted by molar-refractivity contribution is 5.80. The number of aliphatic hydroxyl groups is 1. The lowest BCUT2D eigenvalue weighted by Gasteiger charge is -2.29. The van der Waals surface area contributed by atoms with Crippen LogP contribution in [0.1, 0.15) is 82.9 Å². The summed E-state index contributed by atoms with van der Waals surface area (Å²) in [5.74, 6) is 1.59. The van der Waals surface area contributed by atoms with E-state index in [4.69, 9.17) is 10.7 Å². The molecule has 0 aromatic carbocycles. The highest BCUT2D eigenvalue weighted by Gasteiger charge is 2.22. The van der Waals surface area contributed by atoms with Gasteiger partial charge in [-0.15, -0.1) is 0 Å². The van der Waals surface area contributed by atoms with E-state index in [0.29, 0.717) is 17.1 Å². The number of nitrogens with two attached hydrogens (primary N) is 1. The van der Waals surface area contributed by atoms with E-state index in [1.54, 1.807) is 18.3 Å². The predicted molar refractivity (Wildman–Crippen MR) is 135 cm³/mol. The van der Waals surface area contributed by atoms with Crippen LogP contribution in [0.4, 0.5) is 11.6 Å². The molecule has 0 amide bonds. The average molecular weight is 438 g/mol. The Kier molecular flexibility index (Phi) is 8.58. The van der Waals surface area contributed by atoms with Crippen LogP contribution in [0.5, 0.6) is 0 Å². The fourth-order valence-electron chi connectivity index (χ4n) is 3.20. The summed E-state index contributed by atoms with van der Waals surface area (Å²) >= 11 is 0. The maximum atomic E-state index is 9.95. The Morgan fingerprint density at radius 3 is 2.41 bits per heavy atom. The van der Waals surface area contributed by atoms with Crippen LogP contribution < -0.4 is 11.1 Å². The molecule has 0 saturated carbocycles. The van der Waals surface area contributed by atoms with E-state index in [1.165, 1.54) is 0 Å². The Hall–Kier alpha value is -2.70. The van der Waals surface area contributed by atoms with Gasteiger partial charge in [0.1, 0.15) is 11.6 Å². The Morgan fingerprint density at radius 1 is 1.19 bits per heavy atom. The minimum absolute atomic E-state index is 0.166. The summed E-state index contributed by atoms with van der Waals surface area (Å²) in [7, 11) is 0. The minimum Gasteiger partial charge on any atom is -0.387 e. The SMILES string of the molecule is C=C1c2c(cc(Nc3cc(C(O)CN)ccn3)nc2C(C)C)C=CN1CC.CC(C)(C)C. The number of rotatable bonds is 6. The summed E-state index contributed by atoms with van der Waals surface area (Å²) in [5.41, 5.74) is 10.9. The van der Waals surface area contributed by atoms with Crippen LogP contribution in [0, 0.1) is 5.41 Å². The molecule has 2 aromatic rings. The van der Waals surface area contributed by atoms with Crippen molar-refractivity contribution in [3.63, 3.8) is 0 Å². The van der Waals surface area contributed by atoms with E-state index in [1.807, 2.05) is 6.07 Å². The topological polar surface area (TPSA) is 87.3 Å². The molecule has 0 bridgehead atoms. The maximum absolute atomic E-state index is 9.95.